The van der Waals surface area contributed by atoms with Gasteiger partial charge in [0.1, 0.15) is 5.60 Å². The Balaban J connectivity index is 1.96. The van der Waals surface area contributed by atoms with Crippen LogP contribution in [0.4, 0.5) is 4.79 Å². The quantitative estimate of drug-likeness (QED) is 0.913. The number of hydrogen-bond acceptors (Lipinski definition) is 5. The highest BCUT2D eigenvalue weighted by atomic mass is 16.7. The highest BCUT2D eigenvalue weighted by Crippen LogP contribution is 2.35. The molecule has 24 heavy (non-hydrogen) atoms. The van der Waals surface area contributed by atoms with Gasteiger partial charge in [0.2, 0.25) is 6.79 Å². The molecule has 0 spiro atoms. The fourth-order valence-electron chi connectivity index (χ4n) is 2.17. The number of para-hydroxylation sites is 1. The van der Waals surface area contributed by atoms with E-state index in [4.69, 9.17) is 14.2 Å². The Labute approximate surface area is 141 Å². The van der Waals surface area contributed by atoms with Crippen LogP contribution < -0.4 is 14.8 Å². The standard InChI is InChI=1S/C17H24N2O5/c1-11(9-18-16(21)24-17(2,3)4)19(5)15(20)12-7-6-8-13-14(12)23-10-22-13/h6-8,11H,9-10H2,1-5H3,(H,18,21)/t11-/m0/s1. The fraction of sp³-hybridized carbons (Fsp3) is 0.529. The number of nitrogens with one attached hydrogen (secondary N) is 1. The molecule has 0 bridgehead atoms. The van der Waals surface area contributed by atoms with E-state index < -0.39 is 11.7 Å². The van der Waals surface area contributed by atoms with Gasteiger partial charge in [0.05, 0.1) is 5.56 Å². The van der Waals surface area contributed by atoms with Crippen molar-refractivity contribution in [2.75, 3.05) is 20.4 Å². The number of likely N-dealkylation sites (N-methyl/N-ethyl adjacent to an activating group) is 1. The number of hydrogen-bond donors (Lipinski definition) is 1. The maximum atomic E-state index is 12.7. The number of carbonyl (C=O) groups is 2. The van der Waals surface area contributed by atoms with Crippen LogP contribution in [0, 0.1) is 0 Å². The van der Waals surface area contributed by atoms with Crippen molar-refractivity contribution in [3.63, 3.8) is 0 Å². The monoisotopic (exact) mass is 336 g/mol. The van der Waals surface area contributed by atoms with E-state index in [1.165, 1.54) is 0 Å². The summed E-state index contributed by atoms with van der Waals surface area (Å²) in [7, 11) is 1.68. The number of carbonyl (C=O) groups excluding carboxylic acids is 2. The summed E-state index contributed by atoms with van der Waals surface area (Å²) < 4.78 is 15.8. The van der Waals surface area contributed by atoms with Crippen molar-refractivity contribution in [1.82, 2.24) is 10.2 Å². The molecule has 0 radical (unpaired) electrons. The van der Waals surface area contributed by atoms with Gasteiger partial charge in [-0.1, -0.05) is 6.07 Å². The lowest BCUT2D eigenvalue weighted by atomic mass is 10.1. The molecular formula is C17H24N2O5. The molecule has 0 saturated heterocycles. The van der Waals surface area contributed by atoms with E-state index in [0.29, 0.717) is 17.1 Å². The smallest absolute Gasteiger partial charge is 0.407 e. The van der Waals surface area contributed by atoms with E-state index in [1.54, 1.807) is 50.9 Å². The van der Waals surface area contributed by atoms with Crippen LogP contribution in [-0.4, -0.2) is 48.9 Å². The SMILES string of the molecule is C[C@@H](CNC(=O)OC(C)(C)C)N(C)C(=O)c1cccc2c1OCO2. The van der Waals surface area contributed by atoms with Gasteiger partial charge in [0, 0.05) is 19.6 Å². The number of fused-ring (bicyclic) bond motifs is 1. The van der Waals surface area contributed by atoms with Gasteiger partial charge < -0.3 is 24.4 Å². The number of rotatable bonds is 4. The summed E-state index contributed by atoms with van der Waals surface area (Å²) in [6, 6.07) is 4.98. The molecule has 1 aliphatic rings. The second kappa shape index (κ2) is 6.98. The number of amides is 2. The summed E-state index contributed by atoms with van der Waals surface area (Å²) in [5.74, 6) is 0.825. The molecule has 1 N–H and O–H groups in total. The summed E-state index contributed by atoms with van der Waals surface area (Å²) in [4.78, 5) is 25.9. The normalized spacial score (nSPS) is 14.0. The number of nitrogens with zero attached hydrogens (tertiary/aromatic N) is 1. The van der Waals surface area contributed by atoms with E-state index in [2.05, 4.69) is 5.32 Å². The summed E-state index contributed by atoms with van der Waals surface area (Å²) >= 11 is 0. The molecule has 0 aliphatic carbocycles. The highest BCUT2D eigenvalue weighted by molar-refractivity contribution is 5.98. The van der Waals surface area contributed by atoms with E-state index in [0.717, 1.165) is 0 Å². The highest BCUT2D eigenvalue weighted by Gasteiger charge is 2.26. The van der Waals surface area contributed by atoms with Gasteiger partial charge in [-0.25, -0.2) is 4.79 Å². The Morgan fingerprint density at radius 3 is 2.71 bits per heavy atom. The first kappa shape index (κ1) is 17.9. The number of benzene rings is 1. The van der Waals surface area contributed by atoms with Crippen molar-refractivity contribution >= 4 is 12.0 Å². The molecule has 1 aromatic rings. The van der Waals surface area contributed by atoms with Crippen molar-refractivity contribution in [3.05, 3.63) is 23.8 Å². The number of ether oxygens (including phenoxy) is 3. The lowest BCUT2D eigenvalue weighted by Crippen LogP contribution is -2.44. The van der Waals surface area contributed by atoms with Crippen LogP contribution in [0.5, 0.6) is 11.5 Å². The lowest BCUT2D eigenvalue weighted by molar-refractivity contribution is 0.0501. The van der Waals surface area contributed by atoms with Crippen molar-refractivity contribution in [2.24, 2.45) is 0 Å². The van der Waals surface area contributed by atoms with Crippen LogP contribution >= 0.6 is 0 Å². The second-order valence-electron chi connectivity index (χ2n) is 6.69. The van der Waals surface area contributed by atoms with Crippen LogP contribution in [0.2, 0.25) is 0 Å². The Bertz CT molecular complexity index is 624. The van der Waals surface area contributed by atoms with Crippen LogP contribution in [-0.2, 0) is 4.74 Å². The molecule has 0 aromatic heterocycles. The average Bonchev–Trinajstić information content (AvgIpc) is 2.97. The Morgan fingerprint density at radius 2 is 2.04 bits per heavy atom. The maximum absolute atomic E-state index is 12.7. The largest absolute Gasteiger partial charge is 0.454 e. The lowest BCUT2D eigenvalue weighted by Gasteiger charge is -2.26. The first-order valence-corrected chi connectivity index (χ1v) is 7.81. The third-order valence-electron chi connectivity index (χ3n) is 3.55. The maximum Gasteiger partial charge on any atom is 0.407 e. The first-order valence-electron chi connectivity index (χ1n) is 7.81. The molecule has 0 fully saturated rings. The Kier molecular flexibility index (Phi) is 5.21. The third kappa shape index (κ3) is 4.31. The molecule has 1 aliphatic heterocycles. The summed E-state index contributed by atoms with van der Waals surface area (Å²) in [5, 5.41) is 2.67. The van der Waals surface area contributed by atoms with Gasteiger partial charge in [0.25, 0.3) is 5.91 Å². The minimum absolute atomic E-state index is 0.110. The second-order valence-corrected chi connectivity index (χ2v) is 6.69. The Morgan fingerprint density at radius 1 is 1.33 bits per heavy atom. The van der Waals surface area contributed by atoms with Gasteiger partial charge >= 0.3 is 6.09 Å². The van der Waals surface area contributed by atoms with Crippen LogP contribution in [0.3, 0.4) is 0 Å². The topological polar surface area (TPSA) is 77.1 Å². The van der Waals surface area contributed by atoms with Gasteiger partial charge in [-0.05, 0) is 39.8 Å². The molecule has 1 heterocycles. The molecule has 2 amide bonds. The van der Waals surface area contributed by atoms with Crippen LogP contribution in [0.25, 0.3) is 0 Å². The minimum Gasteiger partial charge on any atom is -0.454 e. The van der Waals surface area contributed by atoms with E-state index in [-0.39, 0.29) is 25.3 Å². The van der Waals surface area contributed by atoms with Crippen LogP contribution in [0.1, 0.15) is 38.1 Å². The molecular weight excluding hydrogens is 312 g/mol. The zero-order chi connectivity index (χ0) is 17.9. The van der Waals surface area contributed by atoms with Crippen molar-refractivity contribution in [1.29, 1.82) is 0 Å². The molecule has 0 unspecified atom stereocenters. The summed E-state index contributed by atoms with van der Waals surface area (Å²) in [6.45, 7) is 7.62. The summed E-state index contributed by atoms with van der Waals surface area (Å²) in [5.41, 5.74) is -0.117. The van der Waals surface area contributed by atoms with Gasteiger partial charge in [-0.2, -0.15) is 0 Å². The first-order chi connectivity index (χ1) is 11.2. The predicted molar refractivity (Wildman–Crippen MR) is 88.4 cm³/mol. The van der Waals surface area contributed by atoms with Gasteiger partial charge in [-0.3, -0.25) is 4.79 Å². The molecule has 2 rings (SSSR count). The molecule has 1 aromatic carbocycles. The van der Waals surface area contributed by atoms with Crippen LogP contribution in [0.15, 0.2) is 18.2 Å². The van der Waals surface area contributed by atoms with Crippen molar-refractivity contribution < 1.29 is 23.8 Å². The van der Waals surface area contributed by atoms with Crippen molar-refractivity contribution in [2.45, 2.75) is 39.3 Å². The predicted octanol–water partition coefficient (Wildman–Crippen LogP) is 2.40. The third-order valence-corrected chi connectivity index (χ3v) is 3.55. The molecule has 1 atom stereocenters. The number of alkyl carbamates (subject to hydrolysis) is 1. The van der Waals surface area contributed by atoms with E-state index >= 15 is 0 Å². The van der Waals surface area contributed by atoms with Gasteiger partial charge in [0.15, 0.2) is 11.5 Å². The van der Waals surface area contributed by atoms with E-state index in [1.807, 2.05) is 6.92 Å². The Hall–Kier alpha value is -2.44. The summed E-state index contributed by atoms with van der Waals surface area (Å²) in [6.07, 6.45) is -0.507. The molecule has 7 nitrogen and oxygen atoms in total. The molecule has 0 saturated carbocycles. The fourth-order valence-corrected chi connectivity index (χ4v) is 2.17. The average molecular weight is 336 g/mol. The molecule has 132 valence electrons. The van der Waals surface area contributed by atoms with E-state index in [9.17, 15) is 9.59 Å². The van der Waals surface area contributed by atoms with Gasteiger partial charge in [-0.15, -0.1) is 0 Å². The molecule has 7 heteroatoms. The van der Waals surface area contributed by atoms with Crippen molar-refractivity contribution in [3.8, 4) is 11.5 Å². The zero-order valence-corrected chi connectivity index (χ0v) is 14.7. The zero-order valence-electron chi connectivity index (χ0n) is 14.7. The minimum atomic E-state index is -0.559.